The van der Waals surface area contributed by atoms with Crippen LogP contribution in [0.5, 0.6) is 0 Å². The molecule has 0 saturated carbocycles. The average molecular weight is 280 g/mol. The van der Waals surface area contributed by atoms with Crippen molar-refractivity contribution in [2.24, 2.45) is 0 Å². The van der Waals surface area contributed by atoms with Gasteiger partial charge in [0.2, 0.25) is 0 Å². The van der Waals surface area contributed by atoms with Gasteiger partial charge >= 0.3 is 6.18 Å². The summed E-state index contributed by atoms with van der Waals surface area (Å²) in [5, 5.41) is 2.64. The van der Waals surface area contributed by atoms with Crippen molar-refractivity contribution in [3.63, 3.8) is 0 Å². The fraction of sp³-hybridized carbons (Fsp3) is 0.267. The van der Waals surface area contributed by atoms with Crippen LogP contribution in [0.3, 0.4) is 0 Å². The van der Waals surface area contributed by atoms with Crippen LogP contribution in [0.15, 0.2) is 54.9 Å². The van der Waals surface area contributed by atoms with Gasteiger partial charge in [0.15, 0.2) is 0 Å². The molecule has 106 valence electrons. The van der Waals surface area contributed by atoms with E-state index in [9.17, 15) is 13.2 Å². The first kappa shape index (κ1) is 14.5. The van der Waals surface area contributed by atoms with Gasteiger partial charge in [-0.05, 0) is 30.2 Å². The zero-order valence-electron chi connectivity index (χ0n) is 10.9. The second kappa shape index (κ2) is 6.05. The number of hydrogen-bond donors (Lipinski definition) is 1. The van der Waals surface area contributed by atoms with Crippen molar-refractivity contribution < 1.29 is 13.2 Å². The highest BCUT2D eigenvalue weighted by molar-refractivity contribution is 5.22. The van der Waals surface area contributed by atoms with E-state index in [1.54, 1.807) is 49.6 Å². The first-order valence-electron chi connectivity index (χ1n) is 6.26. The van der Waals surface area contributed by atoms with E-state index in [-0.39, 0.29) is 5.56 Å². The van der Waals surface area contributed by atoms with Gasteiger partial charge in [-0.1, -0.05) is 30.3 Å². The number of hydrogen-bond acceptors (Lipinski definition) is 2. The molecule has 1 heterocycles. The van der Waals surface area contributed by atoms with Gasteiger partial charge < -0.3 is 0 Å². The molecule has 5 heteroatoms. The molecule has 1 N–H and O–H groups in total. The summed E-state index contributed by atoms with van der Waals surface area (Å²) in [6.07, 6.45) is -1.21. The Bertz CT molecular complexity index is 526. The highest BCUT2D eigenvalue weighted by Crippen LogP contribution is 2.34. The lowest BCUT2D eigenvalue weighted by molar-refractivity contribution is -0.159. The third-order valence-corrected chi connectivity index (χ3v) is 3.08. The number of halogens is 3. The molecule has 1 aromatic heterocycles. The first-order chi connectivity index (χ1) is 9.48. The fourth-order valence-corrected chi connectivity index (χ4v) is 2.02. The van der Waals surface area contributed by atoms with E-state index in [0.29, 0.717) is 0 Å². The molecule has 2 atom stereocenters. The zero-order valence-corrected chi connectivity index (χ0v) is 10.9. The summed E-state index contributed by atoms with van der Waals surface area (Å²) in [7, 11) is 0. The molecule has 0 radical (unpaired) electrons. The Hall–Kier alpha value is -1.88. The Morgan fingerprint density at radius 2 is 1.55 bits per heavy atom. The Balaban J connectivity index is 2.22. The fourth-order valence-electron chi connectivity index (χ4n) is 2.02. The van der Waals surface area contributed by atoms with Crippen LogP contribution >= 0.6 is 0 Å². The van der Waals surface area contributed by atoms with Crippen molar-refractivity contribution >= 4 is 0 Å². The average Bonchev–Trinajstić information content (AvgIpc) is 2.45. The standard InChI is InChI=1S/C15H15F3N2/c1-11(12-7-9-19-10-8-12)20-14(15(16,17)18)13-5-3-2-4-6-13/h2-11,14,20H,1H3. The minimum atomic E-state index is -4.34. The van der Waals surface area contributed by atoms with Crippen molar-refractivity contribution in [1.29, 1.82) is 0 Å². The molecule has 0 aliphatic rings. The van der Waals surface area contributed by atoms with Gasteiger partial charge in [-0.2, -0.15) is 13.2 Å². The van der Waals surface area contributed by atoms with Crippen LogP contribution in [0.4, 0.5) is 13.2 Å². The molecule has 2 nitrogen and oxygen atoms in total. The normalized spacial score (nSPS) is 14.8. The molecule has 2 unspecified atom stereocenters. The van der Waals surface area contributed by atoms with Crippen LogP contribution < -0.4 is 5.32 Å². The quantitative estimate of drug-likeness (QED) is 0.914. The highest BCUT2D eigenvalue weighted by Gasteiger charge is 2.41. The monoisotopic (exact) mass is 280 g/mol. The van der Waals surface area contributed by atoms with Gasteiger partial charge in [0.05, 0.1) is 0 Å². The molecule has 0 bridgehead atoms. The lowest BCUT2D eigenvalue weighted by Gasteiger charge is -2.26. The number of nitrogens with zero attached hydrogens (tertiary/aromatic N) is 1. The topological polar surface area (TPSA) is 24.9 Å². The SMILES string of the molecule is CC(NC(c1ccccc1)C(F)(F)F)c1ccncc1. The van der Waals surface area contributed by atoms with Gasteiger partial charge in [-0.3, -0.25) is 10.3 Å². The third kappa shape index (κ3) is 3.57. The summed E-state index contributed by atoms with van der Waals surface area (Å²) >= 11 is 0. The summed E-state index contributed by atoms with van der Waals surface area (Å²) in [5.74, 6) is 0. The number of nitrogens with one attached hydrogen (secondary N) is 1. The molecular formula is C15H15F3N2. The second-order valence-corrected chi connectivity index (χ2v) is 4.55. The predicted molar refractivity (Wildman–Crippen MR) is 71.0 cm³/mol. The largest absolute Gasteiger partial charge is 0.407 e. The van der Waals surface area contributed by atoms with E-state index in [4.69, 9.17) is 0 Å². The summed E-state index contributed by atoms with van der Waals surface area (Å²) in [6.45, 7) is 1.71. The minimum absolute atomic E-state index is 0.209. The highest BCUT2D eigenvalue weighted by atomic mass is 19.4. The van der Waals surface area contributed by atoms with Crippen molar-refractivity contribution in [3.8, 4) is 0 Å². The van der Waals surface area contributed by atoms with E-state index in [0.717, 1.165) is 5.56 Å². The van der Waals surface area contributed by atoms with Crippen LogP contribution in [0.2, 0.25) is 0 Å². The molecule has 0 aliphatic carbocycles. The van der Waals surface area contributed by atoms with Crippen LogP contribution in [0.1, 0.15) is 30.1 Å². The molecule has 0 saturated heterocycles. The minimum Gasteiger partial charge on any atom is -0.296 e. The Kier molecular flexibility index (Phi) is 4.39. The van der Waals surface area contributed by atoms with Crippen LogP contribution in [-0.4, -0.2) is 11.2 Å². The molecule has 2 aromatic rings. The lowest BCUT2D eigenvalue weighted by atomic mass is 10.0. The summed E-state index contributed by atoms with van der Waals surface area (Å²) in [4.78, 5) is 3.86. The van der Waals surface area contributed by atoms with Crippen LogP contribution in [0, 0.1) is 0 Å². The van der Waals surface area contributed by atoms with Crippen LogP contribution in [-0.2, 0) is 0 Å². The summed E-state index contributed by atoms with van der Waals surface area (Å²) < 4.78 is 39.6. The zero-order chi connectivity index (χ0) is 14.6. The van der Waals surface area contributed by atoms with Crippen molar-refractivity contribution in [3.05, 3.63) is 66.0 Å². The van der Waals surface area contributed by atoms with Gasteiger partial charge in [-0.25, -0.2) is 0 Å². The molecule has 2 rings (SSSR count). The van der Waals surface area contributed by atoms with Gasteiger partial charge in [0, 0.05) is 18.4 Å². The van der Waals surface area contributed by atoms with E-state index in [1.807, 2.05) is 0 Å². The molecule has 20 heavy (non-hydrogen) atoms. The van der Waals surface area contributed by atoms with Crippen LogP contribution in [0.25, 0.3) is 0 Å². The van der Waals surface area contributed by atoms with Crippen molar-refractivity contribution in [2.45, 2.75) is 25.2 Å². The number of benzene rings is 1. The van der Waals surface area contributed by atoms with E-state index < -0.39 is 18.3 Å². The van der Waals surface area contributed by atoms with Gasteiger partial charge in [0.25, 0.3) is 0 Å². The lowest BCUT2D eigenvalue weighted by Crippen LogP contribution is -2.35. The Morgan fingerprint density at radius 3 is 2.10 bits per heavy atom. The molecule has 0 fully saturated rings. The van der Waals surface area contributed by atoms with E-state index in [1.165, 1.54) is 12.1 Å². The van der Waals surface area contributed by atoms with Crippen molar-refractivity contribution in [1.82, 2.24) is 10.3 Å². The van der Waals surface area contributed by atoms with E-state index >= 15 is 0 Å². The van der Waals surface area contributed by atoms with Gasteiger partial charge in [0.1, 0.15) is 6.04 Å². The number of rotatable bonds is 4. The number of aromatic nitrogens is 1. The Morgan fingerprint density at radius 1 is 0.950 bits per heavy atom. The maximum absolute atomic E-state index is 13.2. The smallest absolute Gasteiger partial charge is 0.296 e. The molecular weight excluding hydrogens is 265 g/mol. The maximum Gasteiger partial charge on any atom is 0.407 e. The van der Waals surface area contributed by atoms with E-state index in [2.05, 4.69) is 10.3 Å². The predicted octanol–water partition coefficient (Wildman–Crippen LogP) is 4.04. The van der Waals surface area contributed by atoms with Crippen molar-refractivity contribution in [2.75, 3.05) is 0 Å². The molecule has 0 spiro atoms. The maximum atomic E-state index is 13.2. The Labute approximate surface area is 115 Å². The number of alkyl halides is 3. The van der Waals surface area contributed by atoms with Gasteiger partial charge in [-0.15, -0.1) is 0 Å². The molecule has 0 amide bonds. The number of pyridine rings is 1. The first-order valence-corrected chi connectivity index (χ1v) is 6.26. The summed E-state index contributed by atoms with van der Waals surface area (Å²) in [6, 6.07) is 9.15. The summed E-state index contributed by atoms with van der Waals surface area (Å²) in [5.41, 5.74) is 0.978. The molecule has 1 aromatic carbocycles. The third-order valence-electron chi connectivity index (χ3n) is 3.08. The molecule has 0 aliphatic heterocycles. The second-order valence-electron chi connectivity index (χ2n) is 4.55.